The second kappa shape index (κ2) is 23.0. The molecule has 0 aromatic heterocycles. The Morgan fingerprint density at radius 2 is 0.576 bits per heavy atom. The van der Waals surface area contributed by atoms with E-state index in [9.17, 15) is 5.11 Å². The monoisotopic (exact) mass is 1290 g/mol. The molecule has 2 atom stereocenters. The van der Waals surface area contributed by atoms with E-state index in [-0.39, 0.29) is 5.75 Å². The van der Waals surface area contributed by atoms with Gasteiger partial charge in [-0.3, -0.25) is 0 Å². The molecule has 0 amide bonds. The van der Waals surface area contributed by atoms with E-state index in [1.165, 1.54) is 102 Å². The van der Waals surface area contributed by atoms with Crippen molar-refractivity contribution in [1.82, 2.24) is 0 Å². The predicted octanol–water partition coefficient (Wildman–Crippen LogP) is 21.4. The van der Waals surface area contributed by atoms with Gasteiger partial charge in [-0.15, -0.1) is 0 Å². The molecule has 4 nitrogen and oxygen atoms in total. The predicted molar refractivity (Wildman–Crippen MR) is 353 cm³/mol. The van der Waals surface area contributed by atoms with Gasteiger partial charge in [-0.1, -0.05) is 206 Å². The van der Waals surface area contributed by atoms with Crippen molar-refractivity contribution in [3.8, 4) is 62.5 Å². The maximum atomic E-state index is 10.0. The van der Waals surface area contributed by atoms with Gasteiger partial charge in [-0.25, -0.2) is 0 Å². The first-order chi connectivity index (χ1) is 41.7. The third-order valence-electron chi connectivity index (χ3n) is 17.0. The van der Waals surface area contributed by atoms with Crippen molar-refractivity contribution < 1.29 is 19.3 Å². The summed E-state index contributed by atoms with van der Waals surface area (Å²) in [6.45, 7) is 0. The maximum absolute atomic E-state index is 10.0. The highest BCUT2D eigenvalue weighted by atomic mass is 79.9. The third kappa shape index (κ3) is 10.2. The quantitative estimate of drug-likeness (QED) is 0.148. The van der Waals surface area contributed by atoms with Gasteiger partial charge in [0.1, 0.15) is 40.2 Å². The van der Waals surface area contributed by atoms with E-state index >= 15 is 0 Å². The molecule has 7 heteroatoms. The molecule has 0 bridgehead atoms. The molecule has 0 radical (unpaired) electrons. The maximum Gasteiger partial charge on any atom is 0.127 e. The fourth-order valence-electron chi connectivity index (χ4n) is 12.9. The Morgan fingerprint density at radius 3 is 0.976 bits per heavy atom. The summed E-state index contributed by atoms with van der Waals surface area (Å²) in [5.41, 5.74) is 19.4. The number of rotatable bonds is 10. The zero-order valence-electron chi connectivity index (χ0n) is 46.2. The van der Waals surface area contributed by atoms with Gasteiger partial charge >= 0.3 is 0 Å². The molecular formula is C78H55Br3O4. The lowest BCUT2D eigenvalue weighted by Crippen LogP contribution is -2.28. The molecule has 1 N–H and O–H groups in total. The number of ether oxygens (including phenoxy) is 3. The Labute approximate surface area is 521 Å². The molecule has 85 heavy (non-hydrogen) atoms. The lowest BCUT2D eigenvalue weighted by Gasteiger charge is -2.34. The number of fused-ring (bicyclic) bond motifs is 8. The molecule has 4 aliphatic carbocycles. The Hall–Kier alpha value is -8.72. The van der Waals surface area contributed by atoms with E-state index in [0.717, 1.165) is 61.0 Å². The molecule has 4 aliphatic rings. The first-order valence-corrected chi connectivity index (χ1v) is 31.0. The van der Waals surface area contributed by atoms with E-state index in [4.69, 9.17) is 14.2 Å². The minimum Gasteiger partial charge on any atom is -0.508 e. The van der Waals surface area contributed by atoms with Crippen LogP contribution >= 0.6 is 47.8 Å². The van der Waals surface area contributed by atoms with Gasteiger partial charge < -0.3 is 19.3 Å². The van der Waals surface area contributed by atoms with Gasteiger partial charge in [-0.05, 0) is 236 Å². The summed E-state index contributed by atoms with van der Waals surface area (Å²) in [7, 11) is 0. The number of hydrogen-bond donors (Lipinski definition) is 1. The van der Waals surface area contributed by atoms with E-state index in [2.05, 4.69) is 230 Å². The molecule has 412 valence electrons. The molecule has 12 aromatic rings. The van der Waals surface area contributed by atoms with E-state index in [1.54, 1.807) is 12.1 Å². The van der Waals surface area contributed by atoms with Crippen molar-refractivity contribution in [3.63, 3.8) is 0 Å². The van der Waals surface area contributed by atoms with Gasteiger partial charge in [0.15, 0.2) is 0 Å². The summed E-state index contributed by atoms with van der Waals surface area (Å²) in [5, 5.41) is 10.0. The molecule has 0 spiro atoms. The largest absolute Gasteiger partial charge is 0.508 e. The van der Waals surface area contributed by atoms with Crippen molar-refractivity contribution in [3.05, 3.63) is 359 Å². The molecule has 12 aromatic carbocycles. The topological polar surface area (TPSA) is 47.9 Å². The number of phenols is 1. The van der Waals surface area contributed by atoms with Crippen molar-refractivity contribution in [2.24, 2.45) is 0 Å². The third-order valence-corrected chi connectivity index (χ3v) is 18.5. The fourth-order valence-corrected chi connectivity index (χ4v) is 14.0. The van der Waals surface area contributed by atoms with Crippen molar-refractivity contribution >= 4 is 47.8 Å². The number of benzene rings is 12. The number of aromatic hydroxyl groups is 1. The van der Waals surface area contributed by atoms with E-state index < -0.39 is 10.8 Å². The molecule has 0 aliphatic heterocycles. The van der Waals surface area contributed by atoms with Crippen molar-refractivity contribution in [2.75, 3.05) is 0 Å². The molecular weight excluding hydrogens is 1240 g/mol. The summed E-state index contributed by atoms with van der Waals surface area (Å²) in [5.74, 6) is 5.21. The van der Waals surface area contributed by atoms with E-state index in [1.807, 2.05) is 84.9 Å². The van der Waals surface area contributed by atoms with Crippen LogP contribution in [0.5, 0.6) is 40.2 Å². The van der Waals surface area contributed by atoms with Crippen LogP contribution in [-0.4, -0.2) is 5.11 Å². The first-order valence-electron chi connectivity index (χ1n) is 28.6. The Bertz CT molecular complexity index is 4410. The standard InChI is InChI=1S/C39H27BrO2.C31H21BrO2.C8H7Br/c40-30-17-23-36-35-8-4-5-9-37(35)39(38(36)25-30,28-13-19-32(20-14-28)41-31-6-2-1-3-7-31)29-15-21-33(22-16-29)42-34-18-12-26-10-11-27(26)24-34;32-23-14-19-28-27-8-4-5-9-29(27)31(30(28)20-23,21-10-15-24(33)16-11-21)22-12-17-26(18-13-22)34-25-6-2-1-3-7-25;9-8-4-3-6-1-2-7(6)5-8/h1-9,12-25H,10-11H2;1-20,33H;3-5H,1-2H2. The van der Waals surface area contributed by atoms with Crippen LogP contribution in [0, 0.1) is 0 Å². The molecule has 0 saturated carbocycles. The molecule has 0 saturated heterocycles. The van der Waals surface area contributed by atoms with E-state index in [0.29, 0.717) is 0 Å². The normalized spacial score (nSPS) is 15.9. The lowest BCUT2D eigenvalue weighted by molar-refractivity contribution is 0.474. The highest BCUT2D eigenvalue weighted by Gasteiger charge is 2.48. The summed E-state index contributed by atoms with van der Waals surface area (Å²) < 4.78 is 21.8. The van der Waals surface area contributed by atoms with Crippen LogP contribution in [-0.2, 0) is 36.5 Å². The van der Waals surface area contributed by atoms with Gasteiger partial charge in [0.25, 0.3) is 0 Å². The summed E-state index contributed by atoms with van der Waals surface area (Å²) in [4.78, 5) is 0. The number of phenolic OH excluding ortho intramolecular Hbond substituents is 1. The minimum atomic E-state index is -0.519. The Kier molecular flexibility index (Phi) is 14.7. The smallest absolute Gasteiger partial charge is 0.127 e. The average molecular weight is 1300 g/mol. The van der Waals surface area contributed by atoms with Crippen LogP contribution in [0.4, 0.5) is 0 Å². The second-order valence-corrected chi connectivity index (χ2v) is 24.6. The number of aryl methyl sites for hydroxylation is 4. The summed E-state index contributed by atoms with van der Waals surface area (Å²) in [6.07, 6.45) is 4.86. The van der Waals surface area contributed by atoms with Gasteiger partial charge in [0, 0.05) is 13.4 Å². The number of halogens is 3. The fraction of sp³-hybridized carbons (Fsp3) is 0.0769. The molecule has 2 unspecified atom stereocenters. The lowest BCUT2D eigenvalue weighted by atomic mass is 9.68. The van der Waals surface area contributed by atoms with Crippen LogP contribution in [0.3, 0.4) is 0 Å². The van der Waals surface area contributed by atoms with Crippen LogP contribution in [0.15, 0.2) is 292 Å². The van der Waals surface area contributed by atoms with Crippen LogP contribution in [0.25, 0.3) is 22.3 Å². The Balaban J connectivity index is 0.000000133. The highest BCUT2D eigenvalue weighted by molar-refractivity contribution is 9.11. The molecule has 16 rings (SSSR count). The highest BCUT2D eigenvalue weighted by Crippen LogP contribution is 2.59. The van der Waals surface area contributed by atoms with Gasteiger partial charge in [-0.2, -0.15) is 0 Å². The molecule has 0 fully saturated rings. The van der Waals surface area contributed by atoms with Gasteiger partial charge in [0.2, 0.25) is 0 Å². The first kappa shape index (κ1) is 54.2. The average Bonchev–Trinajstić information content (AvgIpc) is 1.63. The summed E-state index contributed by atoms with van der Waals surface area (Å²) >= 11 is 10.9. The van der Waals surface area contributed by atoms with Gasteiger partial charge in [0.05, 0.1) is 10.8 Å². The SMILES string of the molecule is Brc1ccc2c(c1)C(c1ccc(Oc3ccccc3)cc1)(c1ccc(Oc3ccc4c(c3)CC4)cc1)c1ccccc1-2.Brc1ccc2c(c1)CC2.Oc1ccc(C2(c3ccc(Oc4ccccc4)cc3)c3ccccc3-c3ccc(Br)cc32)cc1. The number of hydrogen-bond acceptors (Lipinski definition) is 4. The minimum absolute atomic E-state index is 0.256. The van der Waals surface area contributed by atoms with Crippen LogP contribution < -0.4 is 14.2 Å². The molecule has 0 heterocycles. The summed E-state index contributed by atoms with van der Waals surface area (Å²) in [6, 6.07) is 96.3. The zero-order valence-corrected chi connectivity index (χ0v) is 51.0. The second-order valence-electron chi connectivity index (χ2n) is 21.9. The van der Waals surface area contributed by atoms with Crippen LogP contribution in [0.1, 0.15) is 66.8 Å². The Morgan fingerprint density at radius 1 is 0.259 bits per heavy atom. The van der Waals surface area contributed by atoms with Crippen molar-refractivity contribution in [1.29, 1.82) is 0 Å². The van der Waals surface area contributed by atoms with Crippen molar-refractivity contribution in [2.45, 2.75) is 36.5 Å². The van der Waals surface area contributed by atoms with Crippen LogP contribution in [0.2, 0.25) is 0 Å². The number of para-hydroxylation sites is 2. The zero-order chi connectivity index (χ0) is 57.5.